The lowest BCUT2D eigenvalue weighted by atomic mass is 10.2. The van der Waals surface area contributed by atoms with Gasteiger partial charge in [-0.3, -0.25) is 4.79 Å². The van der Waals surface area contributed by atoms with Crippen molar-refractivity contribution in [2.24, 2.45) is 0 Å². The molecule has 6 nitrogen and oxygen atoms in total. The number of benzene rings is 2. The number of carbonyl (C=O) groups excluding carboxylic acids is 1. The Morgan fingerprint density at radius 1 is 1.12 bits per heavy atom. The molecule has 0 saturated heterocycles. The summed E-state index contributed by atoms with van der Waals surface area (Å²) in [6.45, 7) is 0. The van der Waals surface area contributed by atoms with Crippen LogP contribution in [0.25, 0.3) is 0 Å². The van der Waals surface area contributed by atoms with Gasteiger partial charge < -0.3 is 10.1 Å². The smallest absolute Gasteiger partial charge is 0.255 e. The van der Waals surface area contributed by atoms with Crippen LogP contribution in [0.15, 0.2) is 41.3 Å². The molecule has 0 aliphatic rings. The number of ether oxygens (including phenoxy) is 1. The summed E-state index contributed by atoms with van der Waals surface area (Å²) in [6.07, 6.45) is 0. The van der Waals surface area contributed by atoms with Crippen molar-refractivity contribution in [3.63, 3.8) is 0 Å². The molecule has 0 heterocycles. The van der Waals surface area contributed by atoms with Gasteiger partial charge in [-0.05, 0) is 37.4 Å². The SMILES string of the molecule is CNS(=O)(=O)c1cc(C(=O)Nc2cc(F)ccc2F)ccc1OC. The summed E-state index contributed by atoms with van der Waals surface area (Å²) >= 11 is 0. The number of amides is 1. The van der Waals surface area contributed by atoms with Gasteiger partial charge in [0.2, 0.25) is 10.0 Å². The van der Waals surface area contributed by atoms with Crippen LogP contribution in [-0.4, -0.2) is 28.5 Å². The molecule has 2 rings (SSSR count). The Balaban J connectivity index is 2.40. The predicted molar refractivity (Wildman–Crippen MR) is 83.6 cm³/mol. The molecule has 0 aromatic heterocycles. The van der Waals surface area contributed by atoms with Crippen molar-refractivity contribution in [2.45, 2.75) is 4.90 Å². The molecule has 0 bridgehead atoms. The summed E-state index contributed by atoms with van der Waals surface area (Å²) in [6, 6.07) is 6.28. The Labute approximate surface area is 137 Å². The number of hydrogen-bond acceptors (Lipinski definition) is 4. The van der Waals surface area contributed by atoms with Crippen LogP contribution in [-0.2, 0) is 10.0 Å². The van der Waals surface area contributed by atoms with Crippen LogP contribution in [0.5, 0.6) is 5.75 Å². The fourth-order valence-electron chi connectivity index (χ4n) is 1.93. The van der Waals surface area contributed by atoms with E-state index in [0.717, 1.165) is 24.3 Å². The molecule has 0 unspecified atom stereocenters. The first-order chi connectivity index (χ1) is 11.3. The number of sulfonamides is 1. The fraction of sp³-hybridized carbons (Fsp3) is 0.133. The lowest BCUT2D eigenvalue weighted by Gasteiger charge is -2.11. The molecule has 0 aliphatic heterocycles. The third kappa shape index (κ3) is 3.69. The highest BCUT2D eigenvalue weighted by Gasteiger charge is 2.20. The minimum Gasteiger partial charge on any atom is -0.495 e. The maximum absolute atomic E-state index is 13.6. The second-order valence-electron chi connectivity index (χ2n) is 4.65. The minimum atomic E-state index is -3.87. The summed E-state index contributed by atoms with van der Waals surface area (Å²) in [7, 11) is -1.38. The highest BCUT2D eigenvalue weighted by molar-refractivity contribution is 7.89. The second kappa shape index (κ2) is 6.93. The van der Waals surface area contributed by atoms with Crippen LogP contribution < -0.4 is 14.8 Å². The molecule has 0 fully saturated rings. The highest BCUT2D eigenvalue weighted by Crippen LogP contribution is 2.25. The first-order valence-corrected chi connectivity index (χ1v) is 8.15. The summed E-state index contributed by atoms with van der Waals surface area (Å²) in [5.41, 5.74) is -0.415. The molecule has 2 aromatic carbocycles. The monoisotopic (exact) mass is 356 g/mol. The molecule has 0 aliphatic carbocycles. The number of nitrogens with one attached hydrogen (secondary N) is 2. The van der Waals surface area contributed by atoms with Gasteiger partial charge in [0.25, 0.3) is 5.91 Å². The van der Waals surface area contributed by atoms with Gasteiger partial charge >= 0.3 is 0 Å². The summed E-state index contributed by atoms with van der Waals surface area (Å²) in [5.74, 6) is -2.30. The van der Waals surface area contributed by atoms with Crippen molar-refractivity contribution in [3.05, 3.63) is 53.6 Å². The van der Waals surface area contributed by atoms with E-state index in [1.165, 1.54) is 26.3 Å². The Morgan fingerprint density at radius 2 is 1.83 bits per heavy atom. The largest absolute Gasteiger partial charge is 0.495 e. The van der Waals surface area contributed by atoms with E-state index in [1.807, 2.05) is 0 Å². The normalized spacial score (nSPS) is 11.2. The Bertz CT molecular complexity index is 885. The Morgan fingerprint density at radius 3 is 2.46 bits per heavy atom. The van der Waals surface area contributed by atoms with Crippen LogP contribution in [0.3, 0.4) is 0 Å². The molecule has 2 N–H and O–H groups in total. The summed E-state index contributed by atoms with van der Waals surface area (Å²) in [4.78, 5) is 11.9. The van der Waals surface area contributed by atoms with Gasteiger partial charge in [0.15, 0.2) is 0 Å². The standard InChI is InChI=1S/C15H14F2N2O4S/c1-18-24(21,22)14-7-9(3-6-13(14)23-2)15(20)19-12-8-10(16)4-5-11(12)17/h3-8,18H,1-2H3,(H,19,20). The van der Waals surface area contributed by atoms with Gasteiger partial charge in [-0.15, -0.1) is 0 Å². The van der Waals surface area contributed by atoms with Crippen molar-refractivity contribution < 1.29 is 26.7 Å². The van der Waals surface area contributed by atoms with Crippen molar-refractivity contribution >= 4 is 21.6 Å². The van der Waals surface area contributed by atoms with Gasteiger partial charge in [-0.2, -0.15) is 0 Å². The molecule has 24 heavy (non-hydrogen) atoms. The topological polar surface area (TPSA) is 84.5 Å². The summed E-state index contributed by atoms with van der Waals surface area (Å²) < 4.78 is 57.8. The minimum absolute atomic E-state index is 0.0397. The molecule has 2 aromatic rings. The van der Waals surface area contributed by atoms with Gasteiger partial charge in [0.1, 0.15) is 22.3 Å². The van der Waals surface area contributed by atoms with Crippen LogP contribution in [0.2, 0.25) is 0 Å². The van der Waals surface area contributed by atoms with Crippen molar-refractivity contribution in [1.29, 1.82) is 0 Å². The van der Waals surface area contributed by atoms with Gasteiger partial charge in [-0.25, -0.2) is 21.9 Å². The number of halogens is 2. The van der Waals surface area contributed by atoms with Crippen molar-refractivity contribution in [2.75, 3.05) is 19.5 Å². The molecule has 128 valence electrons. The first-order valence-electron chi connectivity index (χ1n) is 6.66. The lowest BCUT2D eigenvalue weighted by Crippen LogP contribution is -2.20. The molecular weight excluding hydrogens is 342 g/mol. The zero-order valence-corrected chi connectivity index (χ0v) is 13.6. The van der Waals surface area contributed by atoms with E-state index in [-0.39, 0.29) is 21.9 Å². The highest BCUT2D eigenvalue weighted by atomic mass is 32.2. The zero-order valence-electron chi connectivity index (χ0n) is 12.8. The van der Waals surface area contributed by atoms with Gasteiger partial charge in [-0.1, -0.05) is 0 Å². The number of anilines is 1. The van der Waals surface area contributed by atoms with Crippen LogP contribution in [0.4, 0.5) is 14.5 Å². The molecule has 1 amide bonds. The average Bonchev–Trinajstić information content (AvgIpc) is 2.57. The van der Waals surface area contributed by atoms with E-state index in [0.29, 0.717) is 0 Å². The molecule has 0 saturated carbocycles. The summed E-state index contributed by atoms with van der Waals surface area (Å²) in [5, 5.41) is 2.19. The maximum atomic E-state index is 13.6. The average molecular weight is 356 g/mol. The fourth-order valence-corrected chi connectivity index (χ4v) is 2.84. The Hall–Kier alpha value is -2.52. The lowest BCUT2D eigenvalue weighted by molar-refractivity contribution is 0.102. The van der Waals surface area contributed by atoms with Gasteiger partial charge in [0.05, 0.1) is 12.8 Å². The van der Waals surface area contributed by atoms with E-state index in [4.69, 9.17) is 4.74 Å². The molecule has 9 heteroatoms. The number of carbonyl (C=O) groups is 1. The Kier molecular flexibility index (Phi) is 5.15. The van der Waals surface area contributed by atoms with E-state index in [2.05, 4.69) is 10.0 Å². The first kappa shape index (κ1) is 17.8. The van der Waals surface area contributed by atoms with E-state index < -0.39 is 27.6 Å². The molecular formula is C15H14F2N2O4S. The second-order valence-corrected chi connectivity index (χ2v) is 6.51. The molecule has 0 radical (unpaired) electrons. The maximum Gasteiger partial charge on any atom is 0.255 e. The van der Waals surface area contributed by atoms with Gasteiger partial charge in [0, 0.05) is 11.6 Å². The zero-order chi connectivity index (χ0) is 17.9. The van der Waals surface area contributed by atoms with Crippen molar-refractivity contribution in [1.82, 2.24) is 4.72 Å². The number of rotatable bonds is 5. The number of hydrogen-bond donors (Lipinski definition) is 2. The van der Waals surface area contributed by atoms with E-state index in [9.17, 15) is 22.0 Å². The third-order valence-electron chi connectivity index (χ3n) is 3.16. The predicted octanol–water partition coefficient (Wildman–Crippen LogP) is 2.13. The van der Waals surface area contributed by atoms with Crippen LogP contribution in [0, 0.1) is 11.6 Å². The van der Waals surface area contributed by atoms with Crippen LogP contribution in [0.1, 0.15) is 10.4 Å². The molecule has 0 spiro atoms. The van der Waals surface area contributed by atoms with Crippen molar-refractivity contribution in [3.8, 4) is 5.75 Å². The number of methoxy groups -OCH3 is 1. The third-order valence-corrected chi connectivity index (χ3v) is 4.60. The van der Waals surface area contributed by atoms with Crippen LogP contribution >= 0.6 is 0 Å². The van der Waals surface area contributed by atoms with E-state index >= 15 is 0 Å². The van der Waals surface area contributed by atoms with E-state index in [1.54, 1.807) is 0 Å². The quantitative estimate of drug-likeness (QED) is 0.860. The molecule has 0 atom stereocenters.